The molecule has 0 aliphatic heterocycles. The van der Waals surface area contributed by atoms with Crippen LogP contribution < -0.4 is 0 Å². The Bertz CT molecular complexity index is 13.5. The van der Waals surface area contributed by atoms with E-state index in [1.807, 2.05) is 0 Å². The molecule has 4 heteroatoms. The quantitative estimate of drug-likeness (QED) is 0.501. The molecule has 0 aromatic heterocycles. The molecule has 0 aromatic carbocycles. The van der Waals surface area contributed by atoms with E-state index in [1.165, 1.54) is 0 Å². The summed E-state index contributed by atoms with van der Waals surface area (Å²) in [5, 5.41) is 0. The van der Waals surface area contributed by atoms with Crippen LogP contribution >= 0.6 is 0 Å². The van der Waals surface area contributed by atoms with Gasteiger partial charge in [0.05, 0.1) is 0 Å². The first-order valence-electron chi connectivity index (χ1n) is 0.494. The third-order valence-electron chi connectivity index (χ3n) is 0. The van der Waals surface area contributed by atoms with Gasteiger partial charge in [-0.05, 0) is 0 Å². The zero-order valence-corrected chi connectivity index (χ0v) is 6.19. The average molecular weight is 209 g/mol. The molecule has 0 saturated heterocycles. The van der Waals surface area contributed by atoms with Gasteiger partial charge in [0.15, 0.2) is 0 Å². The van der Waals surface area contributed by atoms with E-state index in [2.05, 4.69) is 0 Å². The molecule has 26 valence electrons. The van der Waals surface area contributed by atoms with Gasteiger partial charge in [-0.25, -0.2) is 0 Å². The fourth-order valence-electron chi connectivity index (χ4n) is 0. The average Bonchev–Trinajstić information content (AvgIpc) is 0.918. The molecule has 0 radical (unpaired) electrons. The van der Waals surface area contributed by atoms with Gasteiger partial charge in [-0.2, -0.15) is 0 Å². The minimum absolute atomic E-state index is 0. The van der Waals surface area contributed by atoms with Crippen molar-refractivity contribution in [2.24, 2.45) is 0 Å². The molecule has 0 fully saturated rings. The first-order valence-corrected chi connectivity index (χ1v) is 3.31. The van der Waals surface area contributed by atoms with Crippen LogP contribution in [0.5, 0.6) is 0 Å². The second-order valence-corrected chi connectivity index (χ2v) is 0.707. The Hall–Kier alpha value is 1.08. The van der Waals surface area contributed by atoms with E-state index in [9.17, 15) is 0 Å². The fraction of sp³-hybridized carbons (Fsp3) is 0. The molecular weight excluding hydrogens is 207 g/mol. The van der Waals surface area contributed by atoms with Gasteiger partial charge < -0.3 is 0 Å². The van der Waals surface area contributed by atoms with E-state index in [4.69, 9.17) is 6.52 Å². The maximum atomic E-state index is 8.68. The Balaban J connectivity index is 0. The Labute approximate surface area is 45.2 Å². The van der Waals surface area contributed by atoms with Crippen molar-refractivity contribution >= 4 is 21.5 Å². The monoisotopic (exact) mass is 210 g/mol. The summed E-state index contributed by atoms with van der Waals surface area (Å²) in [5.74, 6) is 0. The van der Waals surface area contributed by atoms with Gasteiger partial charge in [0, 0.05) is 17.1 Å². The first-order chi connectivity index (χ1) is 1.41. The summed E-state index contributed by atoms with van der Waals surface area (Å²) in [6.45, 7) is 0. The van der Waals surface area contributed by atoms with Crippen LogP contribution in [0.3, 0.4) is 0 Å². The van der Waals surface area contributed by atoms with E-state index in [0.29, 0.717) is 0 Å². The van der Waals surface area contributed by atoms with E-state index in [0.717, 1.165) is 0 Å². The van der Waals surface area contributed by atoms with E-state index in [-0.39, 0.29) is 17.1 Å². The van der Waals surface area contributed by atoms with Crippen molar-refractivity contribution in [3.63, 3.8) is 0 Å². The van der Waals surface area contributed by atoms with Gasteiger partial charge in [0.1, 0.15) is 0 Å². The van der Waals surface area contributed by atoms with Crippen molar-refractivity contribution in [3.8, 4) is 0 Å². The van der Waals surface area contributed by atoms with Gasteiger partial charge in [-0.15, -0.1) is 0 Å². The SMILES string of the molecule is [Fe].[O]=[SnH][OH]. The normalized spacial score (nSPS) is 3.25. The van der Waals surface area contributed by atoms with Crippen LogP contribution in [-0.2, 0) is 20.1 Å². The van der Waals surface area contributed by atoms with Crippen LogP contribution in [0, 0.1) is 0 Å². The van der Waals surface area contributed by atoms with E-state index in [1.54, 1.807) is 0 Å². The van der Waals surface area contributed by atoms with Gasteiger partial charge in [-0.3, -0.25) is 0 Å². The van der Waals surface area contributed by atoms with Crippen LogP contribution in [0.1, 0.15) is 0 Å². The van der Waals surface area contributed by atoms with Crippen LogP contribution in [-0.4, -0.2) is 25.0 Å². The number of rotatable bonds is 0. The molecule has 0 aromatic rings. The zero-order valence-electron chi connectivity index (χ0n) is 1.79. The third-order valence-corrected chi connectivity index (χ3v) is 0. The van der Waals surface area contributed by atoms with Crippen molar-refractivity contribution in [1.82, 2.24) is 0 Å². The third kappa shape index (κ3) is 11.4. The molecule has 2 nitrogen and oxygen atoms in total. The molecule has 0 amide bonds. The van der Waals surface area contributed by atoms with Crippen molar-refractivity contribution in [1.29, 1.82) is 0 Å². The molecule has 4 heavy (non-hydrogen) atoms. The molecule has 0 bridgehead atoms. The summed E-state index contributed by atoms with van der Waals surface area (Å²) >= 11 is -2.14. The molecule has 0 saturated carbocycles. The first kappa shape index (κ1) is 8.91. The number of hydrogen-bond acceptors (Lipinski definition) is 1. The summed E-state index contributed by atoms with van der Waals surface area (Å²) in [5.41, 5.74) is 0. The standard InChI is InChI=1S/Fe.H2O.O.Sn.H/h;1H2;;;/q;;;+1;/p-1. The molecule has 0 spiro atoms. The van der Waals surface area contributed by atoms with Crippen molar-refractivity contribution < 1.29 is 23.6 Å². The Kier molecular flexibility index (Phi) is 19.9. The minimum atomic E-state index is -2.14. The van der Waals surface area contributed by atoms with Crippen molar-refractivity contribution in [2.45, 2.75) is 0 Å². The Morgan fingerprint density at radius 2 is 1.75 bits per heavy atom. The van der Waals surface area contributed by atoms with E-state index < -0.39 is 21.5 Å². The predicted octanol–water partition coefficient (Wildman–Crippen LogP) is -1.33. The topological polar surface area (TPSA) is 37.3 Å². The summed E-state index contributed by atoms with van der Waals surface area (Å²) < 4.78 is 15.9. The van der Waals surface area contributed by atoms with E-state index >= 15 is 0 Å². The predicted molar refractivity (Wildman–Crippen MR) is 10.1 cm³/mol. The Morgan fingerprint density at radius 3 is 1.75 bits per heavy atom. The molecule has 0 heterocycles. The maximum absolute atomic E-state index is 8.68. The van der Waals surface area contributed by atoms with Crippen LogP contribution in [0.15, 0.2) is 0 Å². The van der Waals surface area contributed by atoms with Gasteiger partial charge in [-0.1, -0.05) is 0 Å². The second kappa shape index (κ2) is 8.95. The molecule has 0 unspecified atom stereocenters. The summed E-state index contributed by atoms with van der Waals surface area (Å²) in [6.07, 6.45) is 0. The molecular formula is H2FeO2Sn. The van der Waals surface area contributed by atoms with Crippen molar-refractivity contribution in [3.05, 3.63) is 0 Å². The fourth-order valence-corrected chi connectivity index (χ4v) is 0. The van der Waals surface area contributed by atoms with Crippen LogP contribution in [0.2, 0.25) is 0 Å². The van der Waals surface area contributed by atoms with Crippen LogP contribution in [0.4, 0.5) is 0 Å². The van der Waals surface area contributed by atoms with Gasteiger partial charge in [0.2, 0.25) is 0 Å². The summed E-state index contributed by atoms with van der Waals surface area (Å²) in [7, 11) is 0. The zero-order chi connectivity index (χ0) is 2.71. The van der Waals surface area contributed by atoms with Crippen molar-refractivity contribution in [2.75, 3.05) is 0 Å². The summed E-state index contributed by atoms with van der Waals surface area (Å²) in [6, 6.07) is 0. The molecule has 0 aliphatic rings. The summed E-state index contributed by atoms with van der Waals surface area (Å²) in [4.78, 5) is 0. The number of hydrogen-bond donors (Lipinski definition) is 1. The second-order valence-electron chi connectivity index (χ2n) is 0.105. The van der Waals surface area contributed by atoms with Crippen LogP contribution in [0.25, 0.3) is 0 Å². The molecule has 1 N–H and O–H groups in total. The molecule has 0 aliphatic carbocycles. The van der Waals surface area contributed by atoms with Gasteiger partial charge >= 0.3 is 28.1 Å². The molecule has 0 atom stereocenters. The molecule has 0 rings (SSSR count). The Morgan fingerprint density at radius 1 is 1.75 bits per heavy atom. The van der Waals surface area contributed by atoms with Gasteiger partial charge in [0.25, 0.3) is 0 Å².